The van der Waals surface area contributed by atoms with E-state index in [1.165, 1.54) is 37.4 Å². The summed E-state index contributed by atoms with van der Waals surface area (Å²) in [6.45, 7) is -2.35. The molecule has 1 aliphatic rings. The van der Waals surface area contributed by atoms with Crippen LogP contribution in [0.15, 0.2) is 52.3 Å². The Morgan fingerprint density at radius 1 is 1.14 bits per heavy atom. The molecule has 0 amide bonds. The molecular formula is C19H20ClF2NO4S. The van der Waals surface area contributed by atoms with Gasteiger partial charge in [-0.1, -0.05) is 17.7 Å². The predicted octanol–water partition coefficient (Wildman–Crippen LogP) is 4.68. The third-order valence-corrected chi connectivity index (χ3v) is 6.74. The Labute approximate surface area is 167 Å². The van der Waals surface area contributed by atoms with Gasteiger partial charge in [0.25, 0.3) is 0 Å². The van der Waals surface area contributed by atoms with Crippen LogP contribution in [0.3, 0.4) is 0 Å². The van der Waals surface area contributed by atoms with Gasteiger partial charge in [0.05, 0.1) is 22.6 Å². The molecule has 0 spiro atoms. The summed E-state index contributed by atoms with van der Waals surface area (Å²) in [4.78, 5) is 1.80. The largest absolute Gasteiger partial charge is 0.495 e. The van der Waals surface area contributed by atoms with E-state index >= 15 is 0 Å². The van der Waals surface area contributed by atoms with Crippen LogP contribution in [0, 0.1) is 0 Å². The van der Waals surface area contributed by atoms with E-state index < -0.39 is 16.4 Å². The number of piperidine rings is 1. The normalized spacial score (nSPS) is 17.6. The molecule has 0 radical (unpaired) electrons. The van der Waals surface area contributed by atoms with Crippen molar-refractivity contribution in [3.63, 3.8) is 0 Å². The van der Waals surface area contributed by atoms with Gasteiger partial charge in [0.2, 0.25) is 9.84 Å². The third kappa shape index (κ3) is 4.33. The van der Waals surface area contributed by atoms with E-state index in [0.717, 1.165) is 25.3 Å². The van der Waals surface area contributed by atoms with Crippen LogP contribution in [-0.4, -0.2) is 34.2 Å². The molecule has 1 heterocycles. The van der Waals surface area contributed by atoms with Gasteiger partial charge in [-0.3, -0.25) is 0 Å². The fourth-order valence-electron chi connectivity index (χ4n) is 3.18. The first-order valence-corrected chi connectivity index (χ1v) is 10.6. The van der Waals surface area contributed by atoms with Gasteiger partial charge >= 0.3 is 6.61 Å². The van der Waals surface area contributed by atoms with E-state index in [1.54, 1.807) is 6.07 Å². The summed E-state index contributed by atoms with van der Waals surface area (Å²) in [6, 6.07) is 9.55. The van der Waals surface area contributed by atoms with Crippen molar-refractivity contribution in [3.8, 4) is 11.5 Å². The van der Waals surface area contributed by atoms with Crippen LogP contribution in [0.5, 0.6) is 11.5 Å². The molecule has 0 aliphatic carbocycles. The van der Waals surface area contributed by atoms with Gasteiger partial charge in [0.1, 0.15) is 17.0 Å². The van der Waals surface area contributed by atoms with E-state index in [1.807, 2.05) is 4.90 Å². The topological polar surface area (TPSA) is 55.8 Å². The SMILES string of the molecule is COc1ccc(S(=O)(=O)c2cccc(OC(F)F)c2)cc1N1CCCCC1Cl. The molecule has 1 saturated heterocycles. The smallest absolute Gasteiger partial charge is 0.387 e. The van der Waals surface area contributed by atoms with Gasteiger partial charge in [-0.2, -0.15) is 8.78 Å². The number of sulfone groups is 1. The highest BCUT2D eigenvalue weighted by Crippen LogP contribution is 2.37. The minimum atomic E-state index is -3.95. The predicted molar refractivity (Wildman–Crippen MR) is 102 cm³/mol. The first kappa shape index (κ1) is 20.7. The molecule has 0 bridgehead atoms. The van der Waals surface area contributed by atoms with Crippen LogP contribution in [0.1, 0.15) is 19.3 Å². The number of hydrogen-bond acceptors (Lipinski definition) is 5. The van der Waals surface area contributed by atoms with E-state index in [9.17, 15) is 17.2 Å². The van der Waals surface area contributed by atoms with E-state index in [4.69, 9.17) is 16.3 Å². The summed E-state index contributed by atoms with van der Waals surface area (Å²) >= 11 is 6.43. The molecular weight excluding hydrogens is 412 g/mol. The van der Waals surface area contributed by atoms with Crippen LogP contribution < -0.4 is 14.4 Å². The van der Waals surface area contributed by atoms with Crippen LogP contribution in [0.2, 0.25) is 0 Å². The third-order valence-electron chi connectivity index (χ3n) is 4.54. The molecule has 0 saturated carbocycles. The summed E-state index contributed by atoms with van der Waals surface area (Å²) < 4.78 is 60.7. The number of methoxy groups -OCH3 is 1. The lowest BCUT2D eigenvalue weighted by Gasteiger charge is -2.34. The second kappa shape index (κ2) is 8.53. The van der Waals surface area contributed by atoms with E-state index in [0.29, 0.717) is 18.0 Å². The molecule has 3 rings (SSSR count). The molecule has 0 N–H and O–H groups in total. The van der Waals surface area contributed by atoms with Crippen LogP contribution in [0.25, 0.3) is 0 Å². The average Bonchev–Trinajstić information content (AvgIpc) is 2.67. The zero-order valence-electron chi connectivity index (χ0n) is 15.1. The van der Waals surface area contributed by atoms with Gasteiger partial charge < -0.3 is 14.4 Å². The van der Waals surface area contributed by atoms with Gasteiger partial charge in [0, 0.05) is 6.54 Å². The first-order chi connectivity index (χ1) is 13.3. The zero-order valence-corrected chi connectivity index (χ0v) is 16.7. The maximum atomic E-state index is 13.1. The maximum absolute atomic E-state index is 13.1. The Balaban J connectivity index is 2.02. The van der Waals surface area contributed by atoms with Crippen molar-refractivity contribution in [2.45, 2.75) is 41.2 Å². The number of halogens is 3. The van der Waals surface area contributed by atoms with Crippen molar-refractivity contribution in [3.05, 3.63) is 42.5 Å². The Morgan fingerprint density at radius 2 is 1.89 bits per heavy atom. The van der Waals surface area contributed by atoms with Gasteiger partial charge in [-0.05, 0) is 55.7 Å². The van der Waals surface area contributed by atoms with Gasteiger partial charge in [0.15, 0.2) is 0 Å². The minimum absolute atomic E-state index is 0.0203. The summed E-state index contributed by atoms with van der Waals surface area (Å²) in [5.74, 6) is 0.294. The van der Waals surface area contributed by atoms with Crippen molar-refractivity contribution in [1.29, 1.82) is 0 Å². The number of ether oxygens (including phenoxy) is 2. The van der Waals surface area contributed by atoms with Crippen LogP contribution in [-0.2, 0) is 9.84 Å². The van der Waals surface area contributed by atoms with Crippen molar-refractivity contribution in [1.82, 2.24) is 0 Å². The molecule has 0 aromatic heterocycles. The molecule has 2 aromatic rings. The van der Waals surface area contributed by atoms with E-state index in [2.05, 4.69) is 4.74 Å². The maximum Gasteiger partial charge on any atom is 0.387 e. The molecule has 152 valence electrons. The number of alkyl halides is 3. The van der Waals surface area contributed by atoms with Gasteiger partial charge in [-0.25, -0.2) is 8.42 Å². The summed E-state index contributed by atoms with van der Waals surface area (Å²) in [7, 11) is -2.45. The van der Waals surface area contributed by atoms with Crippen LogP contribution >= 0.6 is 11.6 Å². The second-order valence-electron chi connectivity index (χ2n) is 6.31. The Hall–Kier alpha value is -2.06. The molecule has 1 atom stereocenters. The zero-order chi connectivity index (χ0) is 20.3. The Kier molecular flexibility index (Phi) is 6.30. The van der Waals surface area contributed by atoms with Crippen molar-refractivity contribution < 1.29 is 26.7 Å². The molecule has 28 heavy (non-hydrogen) atoms. The fraction of sp³-hybridized carbons (Fsp3) is 0.368. The summed E-state index contributed by atoms with van der Waals surface area (Å²) in [5.41, 5.74) is 0.326. The molecule has 1 unspecified atom stereocenters. The quantitative estimate of drug-likeness (QED) is 0.490. The highest BCUT2D eigenvalue weighted by molar-refractivity contribution is 7.91. The number of rotatable bonds is 6. The molecule has 5 nitrogen and oxygen atoms in total. The Bertz CT molecular complexity index is 939. The molecule has 1 fully saturated rings. The monoisotopic (exact) mass is 431 g/mol. The number of nitrogens with zero attached hydrogens (tertiary/aromatic N) is 1. The molecule has 2 aromatic carbocycles. The number of hydrogen-bond donors (Lipinski definition) is 0. The highest BCUT2D eigenvalue weighted by atomic mass is 35.5. The summed E-state index contributed by atoms with van der Waals surface area (Å²) in [6.07, 6.45) is 2.73. The van der Waals surface area contributed by atoms with Gasteiger partial charge in [-0.15, -0.1) is 0 Å². The van der Waals surface area contributed by atoms with Crippen molar-refractivity contribution in [2.75, 3.05) is 18.6 Å². The minimum Gasteiger partial charge on any atom is -0.495 e. The Morgan fingerprint density at radius 3 is 2.57 bits per heavy atom. The van der Waals surface area contributed by atoms with Crippen molar-refractivity contribution in [2.24, 2.45) is 0 Å². The first-order valence-electron chi connectivity index (χ1n) is 8.71. The summed E-state index contributed by atoms with van der Waals surface area (Å²) in [5, 5.41) is 0. The lowest BCUT2D eigenvalue weighted by Crippen LogP contribution is -2.36. The molecule has 9 heteroatoms. The molecule has 1 aliphatic heterocycles. The lowest BCUT2D eigenvalue weighted by molar-refractivity contribution is -0.0499. The van der Waals surface area contributed by atoms with Crippen LogP contribution in [0.4, 0.5) is 14.5 Å². The highest BCUT2D eigenvalue weighted by Gasteiger charge is 2.26. The second-order valence-corrected chi connectivity index (χ2v) is 8.77. The number of benzene rings is 2. The lowest BCUT2D eigenvalue weighted by atomic mass is 10.1. The van der Waals surface area contributed by atoms with E-state index in [-0.39, 0.29) is 21.0 Å². The fourth-order valence-corrected chi connectivity index (χ4v) is 4.85. The van der Waals surface area contributed by atoms with Crippen molar-refractivity contribution >= 4 is 27.1 Å². The average molecular weight is 432 g/mol. The standard InChI is InChI=1S/C19H20ClF2NO4S/c1-26-17-9-8-15(12-16(17)23-10-3-2-7-18(23)20)28(24,25)14-6-4-5-13(11-14)27-19(21)22/h4-6,8-9,11-12,18-19H,2-3,7,10H2,1H3. The number of anilines is 1.